The van der Waals surface area contributed by atoms with Crippen LogP contribution in [0.1, 0.15) is 47.0 Å². The van der Waals surface area contributed by atoms with Gasteiger partial charge in [0.2, 0.25) is 0 Å². The van der Waals surface area contributed by atoms with Gasteiger partial charge in [-0.1, -0.05) is 34.1 Å². The number of likely N-dealkylation sites (tertiary alicyclic amines) is 1. The standard InChI is InChI=1S/C16H34N2O/c1-6-7-15(11-17-10-13(2)3)18-9-8-14(4)16(12-18)19-5/h13-17H,6-12H2,1-5H3. The molecule has 3 unspecified atom stereocenters. The molecule has 1 saturated heterocycles. The quantitative estimate of drug-likeness (QED) is 0.734. The maximum absolute atomic E-state index is 5.64. The van der Waals surface area contributed by atoms with E-state index >= 15 is 0 Å². The molecule has 1 N–H and O–H groups in total. The van der Waals surface area contributed by atoms with Gasteiger partial charge in [-0.2, -0.15) is 0 Å². The first kappa shape index (κ1) is 16.9. The average molecular weight is 270 g/mol. The fourth-order valence-corrected chi connectivity index (χ4v) is 2.98. The molecule has 1 heterocycles. The van der Waals surface area contributed by atoms with E-state index < -0.39 is 0 Å². The Morgan fingerprint density at radius 3 is 2.63 bits per heavy atom. The van der Waals surface area contributed by atoms with Crippen molar-refractivity contribution in [3.63, 3.8) is 0 Å². The highest BCUT2D eigenvalue weighted by molar-refractivity contribution is 4.84. The van der Waals surface area contributed by atoms with Crippen LogP contribution in [0.15, 0.2) is 0 Å². The summed E-state index contributed by atoms with van der Waals surface area (Å²) in [6.07, 6.45) is 4.23. The van der Waals surface area contributed by atoms with Crippen molar-refractivity contribution >= 4 is 0 Å². The van der Waals surface area contributed by atoms with Crippen LogP contribution < -0.4 is 5.32 Å². The van der Waals surface area contributed by atoms with Crippen LogP contribution >= 0.6 is 0 Å². The Morgan fingerprint density at radius 2 is 2.05 bits per heavy atom. The molecule has 1 aliphatic heterocycles. The molecule has 0 bridgehead atoms. The van der Waals surface area contributed by atoms with Crippen LogP contribution in [-0.4, -0.2) is 50.3 Å². The molecule has 0 spiro atoms. The monoisotopic (exact) mass is 270 g/mol. The molecule has 0 amide bonds. The SMILES string of the molecule is CCCC(CNCC(C)C)N1CCC(C)C(OC)C1. The van der Waals surface area contributed by atoms with E-state index in [-0.39, 0.29) is 0 Å². The first-order chi connectivity index (χ1) is 9.08. The van der Waals surface area contributed by atoms with E-state index in [4.69, 9.17) is 4.74 Å². The van der Waals surface area contributed by atoms with Gasteiger partial charge in [0.1, 0.15) is 0 Å². The number of ether oxygens (including phenoxy) is 1. The van der Waals surface area contributed by atoms with Gasteiger partial charge in [-0.3, -0.25) is 4.90 Å². The summed E-state index contributed by atoms with van der Waals surface area (Å²) in [6.45, 7) is 13.7. The molecule has 1 rings (SSSR count). The highest BCUT2D eigenvalue weighted by Crippen LogP contribution is 2.22. The van der Waals surface area contributed by atoms with Gasteiger partial charge >= 0.3 is 0 Å². The van der Waals surface area contributed by atoms with E-state index in [1.807, 2.05) is 7.11 Å². The minimum atomic E-state index is 0.415. The van der Waals surface area contributed by atoms with Gasteiger partial charge in [-0.05, 0) is 37.8 Å². The molecule has 3 atom stereocenters. The Kier molecular flexibility index (Phi) is 7.96. The summed E-state index contributed by atoms with van der Waals surface area (Å²) in [5, 5.41) is 3.63. The number of hydrogen-bond donors (Lipinski definition) is 1. The fourth-order valence-electron chi connectivity index (χ4n) is 2.98. The lowest BCUT2D eigenvalue weighted by Crippen LogP contribution is -2.51. The minimum absolute atomic E-state index is 0.415. The molecular weight excluding hydrogens is 236 g/mol. The molecule has 19 heavy (non-hydrogen) atoms. The summed E-state index contributed by atoms with van der Waals surface area (Å²) in [5.41, 5.74) is 0. The van der Waals surface area contributed by atoms with E-state index in [0.717, 1.165) is 25.6 Å². The lowest BCUT2D eigenvalue weighted by atomic mass is 9.94. The van der Waals surface area contributed by atoms with E-state index in [2.05, 4.69) is 37.9 Å². The van der Waals surface area contributed by atoms with Crippen molar-refractivity contribution in [3.05, 3.63) is 0 Å². The molecule has 3 heteroatoms. The van der Waals surface area contributed by atoms with E-state index in [9.17, 15) is 0 Å². The van der Waals surface area contributed by atoms with Gasteiger partial charge in [0, 0.05) is 26.2 Å². The van der Waals surface area contributed by atoms with E-state index in [1.54, 1.807) is 0 Å². The largest absolute Gasteiger partial charge is 0.380 e. The van der Waals surface area contributed by atoms with Crippen molar-refractivity contribution < 1.29 is 4.74 Å². The van der Waals surface area contributed by atoms with Gasteiger partial charge in [-0.25, -0.2) is 0 Å². The number of nitrogens with zero attached hydrogens (tertiary/aromatic N) is 1. The smallest absolute Gasteiger partial charge is 0.0724 e. The number of piperidine rings is 1. The van der Waals surface area contributed by atoms with E-state index in [0.29, 0.717) is 18.1 Å². The van der Waals surface area contributed by atoms with Crippen molar-refractivity contribution in [3.8, 4) is 0 Å². The van der Waals surface area contributed by atoms with Gasteiger partial charge in [0.15, 0.2) is 0 Å². The molecule has 0 aromatic carbocycles. The lowest BCUT2D eigenvalue weighted by Gasteiger charge is -2.41. The van der Waals surface area contributed by atoms with Crippen LogP contribution in [0.2, 0.25) is 0 Å². The van der Waals surface area contributed by atoms with Crippen LogP contribution in [0, 0.1) is 11.8 Å². The zero-order chi connectivity index (χ0) is 14.3. The van der Waals surface area contributed by atoms with Crippen molar-refractivity contribution in [1.29, 1.82) is 0 Å². The second-order valence-electron chi connectivity index (χ2n) is 6.53. The zero-order valence-corrected chi connectivity index (χ0v) is 13.6. The first-order valence-electron chi connectivity index (χ1n) is 8.06. The predicted octanol–water partition coefficient (Wildman–Crippen LogP) is 2.76. The predicted molar refractivity (Wildman–Crippen MR) is 82.6 cm³/mol. The highest BCUT2D eigenvalue weighted by Gasteiger charge is 2.29. The average Bonchev–Trinajstić information content (AvgIpc) is 2.38. The molecule has 1 aliphatic rings. The molecule has 1 fully saturated rings. The van der Waals surface area contributed by atoms with Crippen LogP contribution in [0.5, 0.6) is 0 Å². The second-order valence-corrected chi connectivity index (χ2v) is 6.53. The molecule has 0 aromatic heterocycles. The number of methoxy groups -OCH3 is 1. The van der Waals surface area contributed by atoms with Crippen LogP contribution in [-0.2, 0) is 4.74 Å². The van der Waals surface area contributed by atoms with Crippen LogP contribution in [0.25, 0.3) is 0 Å². The lowest BCUT2D eigenvalue weighted by molar-refractivity contribution is -0.0201. The molecular formula is C16H34N2O. The summed E-state index contributed by atoms with van der Waals surface area (Å²) in [4.78, 5) is 2.64. The Bertz CT molecular complexity index is 233. The van der Waals surface area contributed by atoms with Crippen LogP contribution in [0.3, 0.4) is 0 Å². The third-order valence-electron chi connectivity index (χ3n) is 4.29. The first-order valence-corrected chi connectivity index (χ1v) is 8.06. The Labute approximate surface area is 120 Å². The van der Waals surface area contributed by atoms with Gasteiger partial charge < -0.3 is 10.1 Å². The van der Waals surface area contributed by atoms with Gasteiger partial charge in [0.25, 0.3) is 0 Å². The van der Waals surface area contributed by atoms with E-state index in [1.165, 1.54) is 25.8 Å². The molecule has 0 radical (unpaired) electrons. The number of nitrogens with one attached hydrogen (secondary N) is 1. The summed E-state index contributed by atoms with van der Waals surface area (Å²) in [6, 6.07) is 0.675. The third-order valence-corrected chi connectivity index (χ3v) is 4.29. The Balaban J connectivity index is 2.45. The normalized spacial score (nSPS) is 26.8. The maximum atomic E-state index is 5.64. The summed E-state index contributed by atoms with van der Waals surface area (Å²) >= 11 is 0. The summed E-state index contributed by atoms with van der Waals surface area (Å²) in [7, 11) is 1.86. The topological polar surface area (TPSA) is 24.5 Å². The fraction of sp³-hybridized carbons (Fsp3) is 1.00. The van der Waals surface area contributed by atoms with Crippen molar-refractivity contribution in [2.75, 3.05) is 33.3 Å². The number of hydrogen-bond acceptors (Lipinski definition) is 3. The summed E-state index contributed by atoms with van der Waals surface area (Å²) < 4.78 is 5.64. The Hall–Kier alpha value is -0.120. The van der Waals surface area contributed by atoms with Crippen molar-refractivity contribution in [2.24, 2.45) is 11.8 Å². The van der Waals surface area contributed by atoms with Crippen molar-refractivity contribution in [2.45, 2.75) is 59.1 Å². The molecule has 0 aromatic rings. The van der Waals surface area contributed by atoms with Gasteiger partial charge in [0.05, 0.1) is 6.10 Å². The maximum Gasteiger partial charge on any atom is 0.0724 e. The number of rotatable bonds is 8. The summed E-state index contributed by atoms with van der Waals surface area (Å²) in [5.74, 6) is 1.43. The zero-order valence-electron chi connectivity index (χ0n) is 13.6. The second kappa shape index (κ2) is 8.93. The highest BCUT2D eigenvalue weighted by atomic mass is 16.5. The van der Waals surface area contributed by atoms with Crippen LogP contribution in [0.4, 0.5) is 0 Å². The van der Waals surface area contributed by atoms with Crippen molar-refractivity contribution in [1.82, 2.24) is 10.2 Å². The molecule has 0 aliphatic carbocycles. The van der Waals surface area contributed by atoms with Gasteiger partial charge in [-0.15, -0.1) is 0 Å². The molecule has 3 nitrogen and oxygen atoms in total. The molecule has 114 valence electrons. The Morgan fingerprint density at radius 1 is 1.32 bits per heavy atom. The third kappa shape index (κ3) is 5.80. The molecule has 0 saturated carbocycles. The minimum Gasteiger partial charge on any atom is -0.380 e.